The number of pyridine rings is 1. The fraction of sp³-hybridized carbons (Fsp3) is 0.308. The summed E-state index contributed by atoms with van der Waals surface area (Å²) in [6.07, 6.45) is 3.77. The van der Waals surface area contributed by atoms with E-state index in [1.54, 1.807) is 24.5 Å². The number of nitrogens with one attached hydrogen (secondary N) is 2. The fourth-order valence-electron chi connectivity index (χ4n) is 1.55. The minimum atomic E-state index is -0.249. The number of nitrogens with zero attached hydrogens (tertiary/aromatic N) is 3. The number of rotatable bonds is 6. The number of likely N-dealkylation sites (N-methyl/N-ethyl adjacent to an activating group) is 1. The molecule has 0 unspecified atom stereocenters. The number of hydrogen-bond donors (Lipinski definition) is 2. The summed E-state index contributed by atoms with van der Waals surface area (Å²) in [5.74, 6) is 0.332. The Hall–Kier alpha value is -2.77. The molecule has 110 valence electrons. The highest BCUT2D eigenvalue weighted by Crippen LogP contribution is 2.14. The Kier molecular flexibility index (Phi) is 4.97. The third-order valence-corrected chi connectivity index (χ3v) is 2.70. The number of aromatic nitrogens is 3. The van der Waals surface area contributed by atoms with E-state index in [0.717, 1.165) is 5.56 Å². The molecule has 8 nitrogen and oxygen atoms in total. The summed E-state index contributed by atoms with van der Waals surface area (Å²) in [7, 11) is 1.51. The first-order valence-electron chi connectivity index (χ1n) is 6.39. The number of hydrogen-bond acceptors (Lipinski definition) is 6. The van der Waals surface area contributed by atoms with E-state index in [1.807, 2.05) is 0 Å². The lowest BCUT2D eigenvalue weighted by molar-refractivity contribution is -0.125. The van der Waals surface area contributed by atoms with Gasteiger partial charge in [-0.25, -0.2) is 0 Å². The Bertz CT molecular complexity index is 611. The summed E-state index contributed by atoms with van der Waals surface area (Å²) in [5.41, 5.74) is 0.795. The fourth-order valence-corrected chi connectivity index (χ4v) is 1.55. The lowest BCUT2D eigenvalue weighted by atomic mass is 10.2. The van der Waals surface area contributed by atoms with Gasteiger partial charge in [0.2, 0.25) is 23.5 Å². The van der Waals surface area contributed by atoms with E-state index < -0.39 is 0 Å². The Morgan fingerprint density at radius 2 is 2.00 bits per heavy atom. The average Bonchev–Trinajstić information content (AvgIpc) is 3.00. The maximum Gasteiger partial charge on any atom is 0.239 e. The second kappa shape index (κ2) is 7.13. The molecule has 0 aliphatic carbocycles. The maximum absolute atomic E-state index is 11.5. The van der Waals surface area contributed by atoms with Gasteiger partial charge in [0.05, 0.1) is 6.54 Å². The molecule has 0 aromatic carbocycles. The third-order valence-electron chi connectivity index (χ3n) is 2.70. The highest BCUT2D eigenvalue weighted by Gasteiger charge is 2.11. The van der Waals surface area contributed by atoms with Crippen LogP contribution in [0.4, 0.5) is 0 Å². The molecule has 2 amide bonds. The van der Waals surface area contributed by atoms with Crippen molar-refractivity contribution in [3.05, 3.63) is 30.4 Å². The van der Waals surface area contributed by atoms with E-state index >= 15 is 0 Å². The molecule has 0 aliphatic heterocycles. The van der Waals surface area contributed by atoms with Crippen LogP contribution in [0.1, 0.15) is 12.3 Å². The predicted molar refractivity (Wildman–Crippen MR) is 72.9 cm³/mol. The Morgan fingerprint density at radius 3 is 2.71 bits per heavy atom. The van der Waals surface area contributed by atoms with Crippen molar-refractivity contribution >= 4 is 11.8 Å². The molecule has 2 heterocycles. The summed E-state index contributed by atoms with van der Waals surface area (Å²) >= 11 is 0. The molecule has 8 heteroatoms. The van der Waals surface area contributed by atoms with E-state index in [0.29, 0.717) is 18.1 Å². The molecule has 0 bridgehead atoms. The first-order valence-corrected chi connectivity index (χ1v) is 6.39. The molecule has 0 spiro atoms. The Labute approximate surface area is 121 Å². The third kappa shape index (κ3) is 4.37. The van der Waals surface area contributed by atoms with Crippen LogP contribution >= 0.6 is 0 Å². The van der Waals surface area contributed by atoms with Gasteiger partial charge in [-0.05, 0) is 12.1 Å². The van der Waals surface area contributed by atoms with Gasteiger partial charge in [-0.1, -0.05) is 5.16 Å². The van der Waals surface area contributed by atoms with E-state index in [-0.39, 0.29) is 24.8 Å². The topological polar surface area (TPSA) is 110 Å². The van der Waals surface area contributed by atoms with Crippen molar-refractivity contribution in [2.24, 2.45) is 0 Å². The summed E-state index contributed by atoms with van der Waals surface area (Å²) < 4.78 is 5.08. The van der Waals surface area contributed by atoms with Gasteiger partial charge in [0.15, 0.2) is 0 Å². The van der Waals surface area contributed by atoms with Crippen molar-refractivity contribution in [3.63, 3.8) is 0 Å². The second-order valence-corrected chi connectivity index (χ2v) is 4.20. The highest BCUT2D eigenvalue weighted by atomic mass is 16.5. The van der Waals surface area contributed by atoms with Gasteiger partial charge in [-0.15, -0.1) is 0 Å². The molecule has 2 aromatic rings. The molecule has 0 atom stereocenters. The highest BCUT2D eigenvalue weighted by molar-refractivity contribution is 5.84. The first-order chi connectivity index (χ1) is 10.2. The second-order valence-electron chi connectivity index (χ2n) is 4.20. The molecule has 2 N–H and O–H groups in total. The van der Waals surface area contributed by atoms with E-state index in [4.69, 9.17) is 4.52 Å². The lowest BCUT2D eigenvalue weighted by Gasteiger charge is -2.02. The van der Waals surface area contributed by atoms with Crippen LogP contribution < -0.4 is 10.6 Å². The zero-order valence-electron chi connectivity index (χ0n) is 11.5. The molecular weight excluding hydrogens is 274 g/mol. The van der Waals surface area contributed by atoms with Gasteiger partial charge in [-0.3, -0.25) is 14.6 Å². The summed E-state index contributed by atoms with van der Waals surface area (Å²) in [6.45, 7) is -0.0402. The Morgan fingerprint density at radius 1 is 1.24 bits per heavy atom. The number of carbonyl (C=O) groups is 2. The number of aryl methyl sites for hydroxylation is 1. The SMILES string of the molecule is CNC(=O)CNC(=O)CCc1nc(-c2ccncc2)no1. The van der Waals surface area contributed by atoms with Crippen LogP contribution in [0.2, 0.25) is 0 Å². The maximum atomic E-state index is 11.5. The van der Waals surface area contributed by atoms with Crippen molar-refractivity contribution in [3.8, 4) is 11.4 Å². The van der Waals surface area contributed by atoms with Gasteiger partial charge in [0.25, 0.3) is 0 Å². The molecule has 2 rings (SSSR count). The van der Waals surface area contributed by atoms with Crippen LogP contribution in [-0.4, -0.2) is 40.5 Å². The van der Waals surface area contributed by atoms with Crippen LogP contribution in [0.25, 0.3) is 11.4 Å². The van der Waals surface area contributed by atoms with Gasteiger partial charge < -0.3 is 15.2 Å². The molecule has 0 aliphatic rings. The molecule has 0 radical (unpaired) electrons. The van der Waals surface area contributed by atoms with Gasteiger partial charge in [-0.2, -0.15) is 4.98 Å². The molecule has 0 saturated carbocycles. The summed E-state index contributed by atoms with van der Waals surface area (Å²) in [6, 6.07) is 3.54. The zero-order chi connectivity index (χ0) is 15.1. The van der Waals surface area contributed by atoms with Gasteiger partial charge in [0.1, 0.15) is 0 Å². The summed E-state index contributed by atoms with van der Waals surface area (Å²) in [4.78, 5) is 30.6. The minimum Gasteiger partial charge on any atom is -0.358 e. The smallest absolute Gasteiger partial charge is 0.239 e. The molecule has 0 fully saturated rings. The van der Waals surface area contributed by atoms with Crippen molar-refractivity contribution in [2.75, 3.05) is 13.6 Å². The molecule has 0 saturated heterocycles. The van der Waals surface area contributed by atoms with Crippen LogP contribution in [0.5, 0.6) is 0 Å². The van der Waals surface area contributed by atoms with Crippen LogP contribution in [-0.2, 0) is 16.0 Å². The minimum absolute atomic E-state index is 0.0402. The molecule has 21 heavy (non-hydrogen) atoms. The normalized spacial score (nSPS) is 10.1. The van der Waals surface area contributed by atoms with Crippen LogP contribution in [0.3, 0.4) is 0 Å². The average molecular weight is 289 g/mol. The van der Waals surface area contributed by atoms with E-state index in [9.17, 15) is 9.59 Å². The standard InChI is InChI=1S/C13H15N5O3/c1-14-11(20)8-16-10(19)2-3-12-17-13(18-21-12)9-4-6-15-7-5-9/h4-7H,2-3,8H2,1H3,(H,14,20)(H,16,19). The molecule has 2 aromatic heterocycles. The summed E-state index contributed by atoms with van der Waals surface area (Å²) in [5, 5.41) is 8.75. The molecular formula is C13H15N5O3. The van der Waals surface area contributed by atoms with Gasteiger partial charge >= 0.3 is 0 Å². The van der Waals surface area contributed by atoms with Crippen molar-refractivity contribution in [1.82, 2.24) is 25.8 Å². The van der Waals surface area contributed by atoms with Crippen molar-refractivity contribution < 1.29 is 14.1 Å². The van der Waals surface area contributed by atoms with Crippen molar-refractivity contribution in [1.29, 1.82) is 0 Å². The number of amides is 2. The number of carbonyl (C=O) groups excluding carboxylic acids is 2. The van der Waals surface area contributed by atoms with Gasteiger partial charge in [0, 0.05) is 37.8 Å². The predicted octanol–water partition coefficient (Wildman–Crippen LogP) is -0.0736. The van der Waals surface area contributed by atoms with Crippen LogP contribution in [0, 0.1) is 0 Å². The lowest BCUT2D eigenvalue weighted by Crippen LogP contribution is -2.35. The first kappa shape index (κ1) is 14.6. The van der Waals surface area contributed by atoms with E-state index in [2.05, 4.69) is 25.8 Å². The quantitative estimate of drug-likeness (QED) is 0.770. The Balaban J connectivity index is 1.83. The zero-order valence-corrected chi connectivity index (χ0v) is 11.5. The van der Waals surface area contributed by atoms with Crippen LogP contribution in [0.15, 0.2) is 29.0 Å². The van der Waals surface area contributed by atoms with E-state index in [1.165, 1.54) is 7.05 Å². The largest absolute Gasteiger partial charge is 0.358 e. The van der Waals surface area contributed by atoms with Crippen molar-refractivity contribution in [2.45, 2.75) is 12.8 Å². The monoisotopic (exact) mass is 289 g/mol.